The highest BCUT2D eigenvalue weighted by Crippen LogP contribution is 2.60. The minimum Gasteiger partial charge on any atom is -0.481 e. The van der Waals surface area contributed by atoms with Crippen molar-refractivity contribution >= 4 is 35.1 Å². The molecule has 4 heterocycles. The van der Waals surface area contributed by atoms with Crippen molar-refractivity contribution in [3.05, 3.63) is 204 Å². The van der Waals surface area contributed by atoms with Gasteiger partial charge in [-0.1, -0.05) is 140 Å². The van der Waals surface area contributed by atoms with Crippen LogP contribution in [0.3, 0.4) is 0 Å². The summed E-state index contributed by atoms with van der Waals surface area (Å²) in [5.74, 6) is 5.72. The van der Waals surface area contributed by atoms with E-state index in [-0.39, 0.29) is 108 Å². The van der Waals surface area contributed by atoms with Crippen LogP contribution in [0.4, 0.5) is 0 Å². The Labute approximate surface area is 514 Å². The Kier molecular flexibility index (Phi) is 16.0. The molecule has 3 aliphatic heterocycles. The maximum Gasteiger partial charge on any atom is 0.340 e. The summed E-state index contributed by atoms with van der Waals surface area (Å²) in [5.41, 5.74) is 9.75. The topological polar surface area (TPSA) is 182 Å². The number of hydrogen-bond donors (Lipinski definition) is 4. The highest BCUT2D eigenvalue weighted by atomic mass is 16.6. The van der Waals surface area contributed by atoms with Crippen molar-refractivity contribution in [1.29, 1.82) is 0 Å². The van der Waals surface area contributed by atoms with E-state index in [2.05, 4.69) is 121 Å². The summed E-state index contributed by atoms with van der Waals surface area (Å²) in [6.07, 6.45) is 16.0. The summed E-state index contributed by atoms with van der Waals surface area (Å²) in [5, 5.41) is 42.5. The van der Waals surface area contributed by atoms with Crippen molar-refractivity contribution in [3.8, 4) is 17.6 Å². The zero-order valence-electron chi connectivity index (χ0n) is 50.1. The first-order valence-corrected chi connectivity index (χ1v) is 32.2. The summed E-state index contributed by atoms with van der Waals surface area (Å²) in [7, 11) is 0. The molecule has 0 unspecified atom stereocenters. The Morgan fingerprint density at radius 1 is 0.795 bits per heavy atom. The average molecular weight is 1180 g/mol. The Bertz CT molecular complexity index is 3930. The van der Waals surface area contributed by atoms with Crippen molar-refractivity contribution in [2.75, 3.05) is 26.6 Å². The van der Waals surface area contributed by atoms with Gasteiger partial charge in [0.05, 0.1) is 31.8 Å². The molecule has 1 aromatic heterocycles. The molecule has 5 bridgehead atoms. The van der Waals surface area contributed by atoms with E-state index in [4.69, 9.17) is 23.4 Å². The summed E-state index contributed by atoms with van der Waals surface area (Å²) < 4.78 is 33.8. The largest absolute Gasteiger partial charge is 0.481 e. The van der Waals surface area contributed by atoms with E-state index in [1.165, 1.54) is 34.2 Å². The first-order valence-electron chi connectivity index (χ1n) is 32.2. The van der Waals surface area contributed by atoms with Crippen LogP contribution in [0.25, 0.3) is 23.1 Å². The van der Waals surface area contributed by atoms with E-state index >= 15 is 9.59 Å². The number of esters is 2. The van der Waals surface area contributed by atoms with E-state index in [9.17, 15) is 25.2 Å². The number of allylic oxidation sites excluding steroid dienone is 2. The average Bonchev–Trinajstić information content (AvgIpc) is 1.01. The van der Waals surface area contributed by atoms with Crippen molar-refractivity contribution in [3.63, 3.8) is 0 Å². The number of carbonyl (C=O) groups excluding carboxylic acids is 2. The second kappa shape index (κ2) is 24.2. The Morgan fingerprint density at radius 2 is 1.65 bits per heavy atom. The van der Waals surface area contributed by atoms with Crippen LogP contribution in [0.1, 0.15) is 187 Å². The quantitative estimate of drug-likeness (QED) is 0.0317. The van der Waals surface area contributed by atoms with Gasteiger partial charge in [0.15, 0.2) is 17.8 Å². The highest BCUT2D eigenvalue weighted by molar-refractivity contribution is 5.91. The third-order valence-electron chi connectivity index (χ3n) is 22.0. The number of aryl methyl sites for hydroxylation is 1. The number of benzene rings is 5. The molecule has 5 aromatic carbocycles. The highest BCUT2D eigenvalue weighted by Gasteiger charge is 2.62. The molecule has 8 aliphatic rings. The van der Waals surface area contributed by atoms with E-state index in [1.54, 1.807) is 19.1 Å². The molecule has 454 valence electrons. The number of ether oxygens (including phenoxy) is 4. The molecule has 12 atom stereocenters. The molecule has 4 N–H and O–H groups in total. The molecule has 5 aliphatic carbocycles. The van der Waals surface area contributed by atoms with Gasteiger partial charge in [-0.15, -0.1) is 0 Å². The van der Waals surface area contributed by atoms with Crippen molar-refractivity contribution < 1.29 is 53.4 Å². The maximum atomic E-state index is 16.0. The zero-order valence-corrected chi connectivity index (χ0v) is 50.1. The molecular weight excluding hydrogens is 1100 g/mol. The fourth-order valence-electron chi connectivity index (χ4n) is 17.7. The van der Waals surface area contributed by atoms with Crippen LogP contribution in [0.5, 0.6) is 5.75 Å². The van der Waals surface area contributed by atoms with Crippen molar-refractivity contribution in [2.45, 2.75) is 157 Å². The summed E-state index contributed by atoms with van der Waals surface area (Å²) in [4.78, 5) is 46.4. The summed E-state index contributed by atoms with van der Waals surface area (Å²) in [6.45, 7) is -0.363. The molecule has 88 heavy (non-hydrogen) atoms. The van der Waals surface area contributed by atoms with E-state index in [0.29, 0.717) is 54.6 Å². The Morgan fingerprint density at radius 3 is 2.50 bits per heavy atom. The lowest BCUT2D eigenvalue weighted by Gasteiger charge is -2.49. The number of aliphatic hydroxyl groups excluding tert-OH is 4. The number of aliphatic hydroxyl groups is 4. The fraction of sp³-hybridized carbons (Fsp3) is 0.434. The maximum absolute atomic E-state index is 16.0. The molecule has 3 saturated carbocycles. The lowest BCUT2D eigenvalue weighted by molar-refractivity contribution is -0.202. The molecule has 12 nitrogen and oxygen atoms in total. The molecule has 12 heteroatoms. The molecule has 0 radical (unpaired) electrons. The van der Waals surface area contributed by atoms with Crippen LogP contribution in [-0.2, 0) is 48.7 Å². The van der Waals surface area contributed by atoms with Crippen LogP contribution in [0.15, 0.2) is 136 Å². The van der Waals surface area contributed by atoms with Gasteiger partial charge >= 0.3 is 17.6 Å². The van der Waals surface area contributed by atoms with Gasteiger partial charge in [-0.25, -0.2) is 9.59 Å². The number of fused-ring (bicyclic) bond motifs is 15. The van der Waals surface area contributed by atoms with Gasteiger partial charge in [0, 0.05) is 53.2 Å². The van der Waals surface area contributed by atoms with Gasteiger partial charge in [0.1, 0.15) is 18.1 Å². The SMILES string of the molecule is C/C(CO)=C1\CCc2ccc3c(c2)CC#CC[C@@]2([C@@H]4C[C@@H]5C=Cc6ccccc6[C@@H]5C4)Oc4ccc5c(CO)c([C@H](CCO)COCO)c(=O)oc5c4[C@@H](OC(=O)C[C@@H]4C[C@@H](c5cccc([C@]67CCCC[C@@H]6C=Cc6ccccc67)c5)CC[C@H]34)[C@@H]2OC1=O. The molecule has 6 aromatic rings. The number of rotatable bonds is 11. The zero-order chi connectivity index (χ0) is 60.3. The van der Waals surface area contributed by atoms with Gasteiger partial charge in [0.2, 0.25) is 0 Å². The van der Waals surface area contributed by atoms with Crippen molar-refractivity contribution in [1.82, 2.24) is 0 Å². The molecule has 14 rings (SSSR count). The Hall–Kier alpha value is -7.37. The Balaban J connectivity index is 0.943. The first-order chi connectivity index (χ1) is 43.0. The number of hydrogen-bond acceptors (Lipinski definition) is 12. The van der Waals surface area contributed by atoms with Crippen LogP contribution < -0.4 is 10.4 Å². The van der Waals surface area contributed by atoms with Gasteiger partial charge < -0.3 is 43.8 Å². The van der Waals surface area contributed by atoms with E-state index < -0.39 is 61.3 Å². The van der Waals surface area contributed by atoms with E-state index in [1.807, 2.05) is 6.07 Å². The van der Waals surface area contributed by atoms with Gasteiger partial charge in [0.25, 0.3) is 0 Å². The second-order valence-corrected chi connectivity index (χ2v) is 26.4. The molecule has 0 spiro atoms. The lowest BCUT2D eigenvalue weighted by atomic mass is 9.56. The summed E-state index contributed by atoms with van der Waals surface area (Å²) in [6, 6.07) is 36.8. The van der Waals surface area contributed by atoms with Crippen LogP contribution in [-0.4, -0.2) is 70.7 Å². The number of carbonyl (C=O) groups is 2. The third-order valence-corrected chi connectivity index (χ3v) is 22.0. The van der Waals surface area contributed by atoms with Crippen LogP contribution >= 0.6 is 0 Å². The first kappa shape index (κ1) is 58.3. The van der Waals surface area contributed by atoms with Crippen molar-refractivity contribution in [2.24, 2.45) is 23.7 Å². The van der Waals surface area contributed by atoms with Gasteiger partial charge in [-0.3, -0.25) is 4.79 Å². The molecule has 0 amide bonds. The minimum atomic E-state index is -1.46. The molecular formula is C76H78O12. The standard InChI is InChI=1S/C76H78O12/c1-45(41-78)58-26-19-46-20-27-60-51(35-46)13-6-9-33-76(57-38-52-22-21-47-11-2-4-17-59(47)63(52)40-57)72(87-73(58)82)71(69-66(88-76)30-29-62-64(42-79)68(74(83)86-70(62)69)53(31-34-77)43-84-44-80)85-67(81)39-54-36-50(24-28-61(54)60)49-14-10-16-56(37-49)75-32-8-7-15-55(75)25-23-48-12-3-5-18-65(48)75/h2-5,10-12,14,16-18,20-23,25,27,29-30,35,37,50,52-55,57,61,63,71-72,77-80H,7-8,13,15,19,24,26,28,31-34,36,38-44H2,1H3/b58-45-/t50-,52-,53+,54-,55+,57+,61-,63+,71+,72-,75-,76-/m0/s1. The summed E-state index contributed by atoms with van der Waals surface area (Å²) >= 11 is 0. The third kappa shape index (κ3) is 10.1. The van der Waals surface area contributed by atoms with Gasteiger partial charge in [-0.05, 0) is 180 Å². The fourth-order valence-corrected chi connectivity index (χ4v) is 17.7. The smallest absolute Gasteiger partial charge is 0.340 e. The van der Waals surface area contributed by atoms with Crippen LogP contribution in [0.2, 0.25) is 0 Å². The molecule has 3 fully saturated rings. The van der Waals surface area contributed by atoms with Crippen LogP contribution in [0, 0.1) is 35.5 Å². The monoisotopic (exact) mass is 1180 g/mol. The molecule has 0 saturated heterocycles. The predicted octanol–water partition coefficient (Wildman–Crippen LogP) is 12.6. The van der Waals surface area contributed by atoms with E-state index in [0.717, 1.165) is 54.4 Å². The lowest BCUT2D eigenvalue weighted by Crippen LogP contribution is -2.60. The van der Waals surface area contributed by atoms with Gasteiger partial charge in [-0.2, -0.15) is 0 Å². The minimum absolute atomic E-state index is 0.00939. The predicted molar refractivity (Wildman–Crippen MR) is 335 cm³/mol. The second-order valence-electron chi connectivity index (χ2n) is 26.4. The normalized spacial score (nSPS) is 29.4.